The summed E-state index contributed by atoms with van der Waals surface area (Å²) in [6, 6.07) is 6.28. The quantitative estimate of drug-likeness (QED) is 0.896. The molecular weight excluding hydrogens is 230 g/mol. The summed E-state index contributed by atoms with van der Waals surface area (Å²) in [6.07, 6.45) is 0.449. The number of amides is 1. The fourth-order valence-electron chi connectivity index (χ4n) is 1.54. The second-order valence-corrected chi connectivity index (χ2v) is 5.54. The predicted molar refractivity (Wildman–Crippen MR) is 70.9 cm³/mol. The van der Waals surface area contributed by atoms with Crippen molar-refractivity contribution in [2.24, 2.45) is 5.41 Å². The lowest BCUT2D eigenvalue weighted by atomic mass is 9.91. The first-order chi connectivity index (χ1) is 8.20. The fraction of sp³-hybridized carbons (Fsp3) is 0.429. The van der Waals surface area contributed by atoms with Gasteiger partial charge in [0.1, 0.15) is 0 Å². The minimum absolute atomic E-state index is 0.0191. The van der Waals surface area contributed by atoms with E-state index in [4.69, 9.17) is 5.11 Å². The lowest BCUT2D eigenvalue weighted by Crippen LogP contribution is -2.29. The number of rotatable bonds is 3. The zero-order valence-electron chi connectivity index (χ0n) is 11.2. The Hall–Kier alpha value is -1.84. The highest BCUT2D eigenvalue weighted by molar-refractivity contribution is 5.94. The molecule has 1 aromatic carbocycles. The van der Waals surface area contributed by atoms with Gasteiger partial charge in [-0.25, -0.2) is 4.79 Å². The van der Waals surface area contributed by atoms with Crippen molar-refractivity contribution in [2.75, 3.05) is 11.9 Å². The number of carbonyl (C=O) groups excluding carboxylic acids is 1. The lowest BCUT2D eigenvalue weighted by Gasteiger charge is -2.23. The topological polar surface area (TPSA) is 57.6 Å². The SMILES string of the molecule is CN(C(=O)CC(C)(C)C)c1ccc(C(=O)O)cc1. The highest BCUT2D eigenvalue weighted by atomic mass is 16.4. The van der Waals surface area contributed by atoms with E-state index in [1.54, 1.807) is 24.1 Å². The van der Waals surface area contributed by atoms with Gasteiger partial charge in [-0.3, -0.25) is 4.79 Å². The minimum Gasteiger partial charge on any atom is -0.478 e. The number of carboxylic acid groups (broad SMARTS) is 1. The Morgan fingerprint density at radius 3 is 2.06 bits per heavy atom. The number of carbonyl (C=O) groups is 2. The number of hydrogen-bond acceptors (Lipinski definition) is 2. The van der Waals surface area contributed by atoms with Gasteiger partial charge >= 0.3 is 5.97 Å². The average Bonchev–Trinajstić information content (AvgIpc) is 2.26. The maximum Gasteiger partial charge on any atom is 0.335 e. The number of aromatic carboxylic acids is 1. The van der Waals surface area contributed by atoms with Gasteiger partial charge in [-0.05, 0) is 29.7 Å². The van der Waals surface area contributed by atoms with Crippen molar-refractivity contribution in [3.63, 3.8) is 0 Å². The molecule has 0 aromatic heterocycles. The predicted octanol–water partition coefficient (Wildman–Crippen LogP) is 2.78. The molecule has 1 amide bonds. The van der Waals surface area contributed by atoms with Crippen LogP contribution >= 0.6 is 0 Å². The van der Waals surface area contributed by atoms with Crippen LogP contribution < -0.4 is 4.90 Å². The smallest absolute Gasteiger partial charge is 0.335 e. The zero-order chi connectivity index (χ0) is 13.9. The van der Waals surface area contributed by atoms with E-state index in [9.17, 15) is 9.59 Å². The molecule has 0 radical (unpaired) electrons. The van der Waals surface area contributed by atoms with Crippen LogP contribution in [0.25, 0.3) is 0 Å². The van der Waals surface area contributed by atoms with Gasteiger partial charge in [0.15, 0.2) is 0 Å². The van der Waals surface area contributed by atoms with Crippen LogP contribution in [0.3, 0.4) is 0 Å². The summed E-state index contributed by atoms with van der Waals surface area (Å²) < 4.78 is 0. The second kappa shape index (κ2) is 5.21. The molecule has 0 saturated heterocycles. The van der Waals surface area contributed by atoms with Crippen LogP contribution in [0.2, 0.25) is 0 Å². The molecule has 0 bridgehead atoms. The number of nitrogens with zero attached hydrogens (tertiary/aromatic N) is 1. The first-order valence-electron chi connectivity index (χ1n) is 5.80. The molecule has 0 atom stereocenters. The van der Waals surface area contributed by atoms with Crippen LogP contribution in [0.1, 0.15) is 37.6 Å². The first kappa shape index (κ1) is 14.2. The van der Waals surface area contributed by atoms with Crippen LogP contribution in [-0.2, 0) is 4.79 Å². The van der Waals surface area contributed by atoms with E-state index in [1.807, 2.05) is 20.8 Å². The highest BCUT2D eigenvalue weighted by Crippen LogP contribution is 2.22. The third-order valence-corrected chi connectivity index (χ3v) is 2.56. The third-order valence-electron chi connectivity index (χ3n) is 2.56. The first-order valence-corrected chi connectivity index (χ1v) is 5.80. The molecule has 98 valence electrons. The van der Waals surface area contributed by atoms with Crippen LogP contribution in [0.5, 0.6) is 0 Å². The molecule has 0 saturated carbocycles. The molecule has 1 N–H and O–H groups in total. The molecule has 18 heavy (non-hydrogen) atoms. The average molecular weight is 249 g/mol. The third kappa shape index (κ3) is 3.87. The van der Waals surface area contributed by atoms with Gasteiger partial charge in [0, 0.05) is 19.2 Å². The van der Waals surface area contributed by atoms with E-state index in [0.717, 1.165) is 0 Å². The van der Waals surface area contributed by atoms with E-state index in [2.05, 4.69) is 0 Å². The van der Waals surface area contributed by atoms with E-state index in [1.165, 1.54) is 12.1 Å². The Morgan fingerprint density at radius 2 is 1.67 bits per heavy atom. The van der Waals surface area contributed by atoms with Gasteiger partial charge in [-0.2, -0.15) is 0 Å². The Labute approximate surface area is 107 Å². The molecule has 0 fully saturated rings. The molecule has 0 unspecified atom stereocenters. The van der Waals surface area contributed by atoms with Crippen molar-refractivity contribution < 1.29 is 14.7 Å². The molecular formula is C14H19NO3. The molecule has 4 heteroatoms. The molecule has 0 aliphatic carbocycles. The number of anilines is 1. The van der Waals surface area contributed by atoms with Crippen molar-refractivity contribution in [3.05, 3.63) is 29.8 Å². The van der Waals surface area contributed by atoms with Crippen molar-refractivity contribution in [3.8, 4) is 0 Å². The summed E-state index contributed by atoms with van der Waals surface area (Å²) >= 11 is 0. The summed E-state index contributed by atoms with van der Waals surface area (Å²) in [5.74, 6) is -0.948. The summed E-state index contributed by atoms with van der Waals surface area (Å²) in [4.78, 5) is 24.3. The summed E-state index contributed by atoms with van der Waals surface area (Å²) in [5.41, 5.74) is 0.858. The lowest BCUT2D eigenvalue weighted by molar-refractivity contribution is -0.120. The summed E-state index contributed by atoms with van der Waals surface area (Å²) in [6.45, 7) is 6.02. The Kier molecular flexibility index (Phi) is 4.11. The minimum atomic E-state index is -0.967. The zero-order valence-corrected chi connectivity index (χ0v) is 11.2. The Bertz CT molecular complexity index is 443. The van der Waals surface area contributed by atoms with Gasteiger partial charge in [-0.15, -0.1) is 0 Å². The Balaban J connectivity index is 2.81. The van der Waals surface area contributed by atoms with Gasteiger partial charge in [0.05, 0.1) is 5.56 Å². The van der Waals surface area contributed by atoms with Crippen LogP contribution in [0.4, 0.5) is 5.69 Å². The van der Waals surface area contributed by atoms with Crippen molar-refractivity contribution in [1.29, 1.82) is 0 Å². The fourth-order valence-corrected chi connectivity index (χ4v) is 1.54. The van der Waals surface area contributed by atoms with Crippen molar-refractivity contribution in [2.45, 2.75) is 27.2 Å². The molecule has 0 heterocycles. The number of hydrogen-bond donors (Lipinski definition) is 1. The van der Waals surface area contributed by atoms with Crippen LogP contribution in [0.15, 0.2) is 24.3 Å². The van der Waals surface area contributed by atoms with Gasteiger partial charge < -0.3 is 10.0 Å². The number of benzene rings is 1. The normalized spacial score (nSPS) is 11.1. The van der Waals surface area contributed by atoms with Gasteiger partial charge in [0.2, 0.25) is 5.91 Å². The Morgan fingerprint density at radius 1 is 1.17 bits per heavy atom. The van der Waals surface area contributed by atoms with E-state index in [0.29, 0.717) is 12.1 Å². The standard InChI is InChI=1S/C14H19NO3/c1-14(2,3)9-12(16)15(4)11-7-5-10(6-8-11)13(17)18/h5-8H,9H2,1-4H3,(H,17,18). The molecule has 1 aromatic rings. The molecule has 4 nitrogen and oxygen atoms in total. The van der Waals surface area contributed by atoms with Gasteiger partial charge in [0.25, 0.3) is 0 Å². The van der Waals surface area contributed by atoms with Crippen LogP contribution in [-0.4, -0.2) is 24.0 Å². The summed E-state index contributed by atoms with van der Waals surface area (Å²) in [5, 5.41) is 8.80. The molecule has 0 aliphatic rings. The molecule has 0 spiro atoms. The molecule has 1 rings (SSSR count). The van der Waals surface area contributed by atoms with Crippen molar-refractivity contribution in [1.82, 2.24) is 0 Å². The second-order valence-electron chi connectivity index (χ2n) is 5.54. The van der Waals surface area contributed by atoms with E-state index < -0.39 is 5.97 Å². The van der Waals surface area contributed by atoms with E-state index in [-0.39, 0.29) is 16.9 Å². The van der Waals surface area contributed by atoms with Crippen molar-refractivity contribution >= 4 is 17.6 Å². The van der Waals surface area contributed by atoms with Crippen LogP contribution in [0, 0.1) is 5.41 Å². The largest absolute Gasteiger partial charge is 0.478 e. The summed E-state index contributed by atoms with van der Waals surface area (Å²) in [7, 11) is 1.70. The molecule has 0 aliphatic heterocycles. The highest BCUT2D eigenvalue weighted by Gasteiger charge is 2.19. The monoisotopic (exact) mass is 249 g/mol. The van der Waals surface area contributed by atoms with Gasteiger partial charge in [-0.1, -0.05) is 20.8 Å². The van der Waals surface area contributed by atoms with E-state index >= 15 is 0 Å². The maximum absolute atomic E-state index is 12.0. The number of carboxylic acids is 1. The maximum atomic E-state index is 12.0.